The summed E-state index contributed by atoms with van der Waals surface area (Å²) in [5, 5.41) is 0. The normalized spacial score (nSPS) is 10.1. The van der Waals surface area contributed by atoms with E-state index in [4.69, 9.17) is 10.5 Å². The van der Waals surface area contributed by atoms with E-state index in [9.17, 15) is 0 Å². The Hall–Kier alpha value is -2.10. The molecule has 2 aromatic rings. The predicted octanol–water partition coefficient (Wildman–Crippen LogP) is 2.47. The third-order valence-electron chi connectivity index (χ3n) is 2.24. The van der Waals surface area contributed by atoms with Crippen LogP contribution >= 0.6 is 0 Å². The molecule has 0 unspecified atom stereocenters. The van der Waals surface area contributed by atoms with Crippen LogP contribution in [0.4, 0.5) is 5.69 Å². The molecule has 0 aliphatic carbocycles. The maximum atomic E-state index is 5.67. The summed E-state index contributed by atoms with van der Waals surface area (Å²) in [6.07, 6.45) is 3.24. The van der Waals surface area contributed by atoms with Crippen molar-refractivity contribution in [2.75, 3.05) is 5.73 Å². The van der Waals surface area contributed by atoms with Gasteiger partial charge in [0, 0.05) is 18.1 Å². The minimum absolute atomic E-state index is 0.523. The first kappa shape index (κ1) is 10.4. The van der Waals surface area contributed by atoms with E-state index in [0.29, 0.717) is 5.88 Å². The number of nitrogens with two attached hydrogens (primary N) is 1. The summed E-state index contributed by atoms with van der Waals surface area (Å²) in [6, 6.07) is 5.49. The van der Waals surface area contributed by atoms with Gasteiger partial charge < -0.3 is 10.5 Å². The Morgan fingerprint density at radius 3 is 2.56 bits per heavy atom. The molecule has 4 nitrogen and oxygen atoms in total. The molecule has 0 fully saturated rings. The smallest absolute Gasteiger partial charge is 0.240 e. The number of aryl methyl sites for hydroxylation is 2. The van der Waals surface area contributed by atoms with Crippen LogP contribution in [0.15, 0.2) is 30.6 Å². The van der Waals surface area contributed by atoms with Crippen LogP contribution in [0.25, 0.3) is 0 Å². The monoisotopic (exact) mass is 215 g/mol. The van der Waals surface area contributed by atoms with Crippen molar-refractivity contribution in [2.24, 2.45) is 0 Å². The van der Waals surface area contributed by atoms with Gasteiger partial charge in [0.25, 0.3) is 0 Å². The highest BCUT2D eigenvalue weighted by Crippen LogP contribution is 2.26. The zero-order valence-corrected chi connectivity index (χ0v) is 9.27. The zero-order chi connectivity index (χ0) is 11.5. The second-order valence-electron chi connectivity index (χ2n) is 3.57. The molecule has 0 amide bonds. The van der Waals surface area contributed by atoms with Crippen LogP contribution in [-0.4, -0.2) is 9.97 Å². The van der Waals surface area contributed by atoms with Crippen LogP contribution in [0.3, 0.4) is 0 Å². The Bertz CT molecular complexity index is 511. The quantitative estimate of drug-likeness (QED) is 0.782. The highest BCUT2D eigenvalue weighted by Gasteiger charge is 2.05. The minimum Gasteiger partial charge on any atom is -0.437 e. The molecule has 0 aliphatic heterocycles. The molecule has 0 radical (unpaired) electrons. The Balaban J connectivity index is 2.31. The van der Waals surface area contributed by atoms with Crippen LogP contribution in [-0.2, 0) is 0 Å². The fraction of sp³-hybridized carbons (Fsp3) is 0.167. The van der Waals surface area contributed by atoms with Gasteiger partial charge in [0.1, 0.15) is 5.75 Å². The number of rotatable bonds is 2. The van der Waals surface area contributed by atoms with Gasteiger partial charge in [0.2, 0.25) is 5.88 Å². The summed E-state index contributed by atoms with van der Waals surface area (Å²) in [5.74, 6) is 1.27. The van der Waals surface area contributed by atoms with Gasteiger partial charge in [-0.15, -0.1) is 0 Å². The van der Waals surface area contributed by atoms with Gasteiger partial charge >= 0.3 is 0 Å². The van der Waals surface area contributed by atoms with Crippen molar-refractivity contribution < 1.29 is 4.74 Å². The van der Waals surface area contributed by atoms with E-state index in [1.54, 1.807) is 18.5 Å². The second-order valence-corrected chi connectivity index (χ2v) is 3.57. The number of aromatic nitrogens is 2. The van der Waals surface area contributed by atoms with Crippen molar-refractivity contribution in [1.29, 1.82) is 0 Å². The molecule has 2 N–H and O–H groups in total. The molecular weight excluding hydrogens is 202 g/mol. The van der Waals surface area contributed by atoms with E-state index >= 15 is 0 Å². The fourth-order valence-electron chi connectivity index (χ4n) is 1.39. The van der Waals surface area contributed by atoms with Gasteiger partial charge in [-0.2, -0.15) is 0 Å². The summed E-state index contributed by atoms with van der Waals surface area (Å²) in [4.78, 5) is 8.23. The lowest BCUT2D eigenvalue weighted by atomic mass is 10.2. The molecule has 0 bridgehead atoms. The first-order valence-electron chi connectivity index (χ1n) is 4.98. The molecular formula is C12H13N3O. The molecule has 1 aromatic carbocycles. The topological polar surface area (TPSA) is 61.0 Å². The number of ether oxygens (including phenoxy) is 1. The van der Waals surface area contributed by atoms with E-state index in [1.165, 1.54) is 0 Å². The van der Waals surface area contributed by atoms with E-state index < -0.39 is 0 Å². The summed E-state index contributed by atoms with van der Waals surface area (Å²) in [5.41, 5.74) is 8.13. The average Bonchev–Trinajstić information content (AvgIpc) is 2.25. The van der Waals surface area contributed by atoms with E-state index in [1.807, 2.05) is 26.0 Å². The molecule has 16 heavy (non-hydrogen) atoms. The van der Waals surface area contributed by atoms with Crippen molar-refractivity contribution in [3.8, 4) is 11.6 Å². The van der Waals surface area contributed by atoms with Crippen molar-refractivity contribution in [3.63, 3.8) is 0 Å². The van der Waals surface area contributed by atoms with Gasteiger partial charge in [-0.05, 0) is 37.6 Å². The molecule has 0 spiro atoms. The third kappa shape index (κ3) is 2.11. The summed E-state index contributed by atoms with van der Waals surface area (Å²) >= 11 is 0. The number of hydrogen-bond donors (Lipinski definition) is 1. The van der Waals surface area contributed by atoms with Crippen LogP contribution in [0, 0.1) is 13.8 Å². The molecule has 1 heterocycles. The first-order valence-corrected chi connectivity index (χ1v) is 4.98. The molecule has 82 valence electrons. The highest BCUT2D eigenvalue weighted by molar-refractivity contribution is 5.48. The van der Waals surface area contributed by atoms with Gasteiger partial charge in [0.15, 0.2) is 0 Å². The standard InChI is InChI=1S/C12H13N3O/c1-8-7-10(13)3-4-11(8)16-12-9(2)14-5-6-15-12/h3-7H,13H2,1-2H3. The summed E-state index contributed by atoms with van der Waals surface area (Å²) in [7, 11) is 0. The lowest BCUT2D eigenvalue weighted by Crippen LogP contribution is -1.95. The Morgan fingerprint density at radius 2 is 1.88 bits per heavy atom. The fourth-order valence-corrected chi connectivity index (χ4v) is 1.39. The van der Waals surface area contributed by atoms with Crippen LogP contribution in [0.2, 0.25) is 0 Å². The lowest BCUT2D eigenvalue weighted by molar-refractivity contribution is 0.452. The molecule has 0 aliphatic rings. The number of anilines is 1. The number of nitrogens with zero attached hydrogens (tertiary/aromatic N) is 2. The average molecular weight is 215 g/mol. The third-order valence-corrected chi connectivity index (χ3v) is 2.24. The van der Waals surface area contributed by atoms with Crippen LogP contribution in [0.5, 0.6) is 11.6 Å². The number of nitrogen functional groups attached to an aromatic ring is 1. The molecule has 0 saturated carbocycles. The Kier molecular flexibility index (Phi) is 2.72. The zero-order valence-electron chi connectivity index (χ0n) is 9.27. The molecule has 0 atom stereocenters. The molecule has 1 aromatic heterocycles. The van der Waals surface area contributed by atoms with Crippen molar-refractivity contribution in [1.82, 2.24) is 9.97 Å². The largest absolute Gasteiger partial charge is 0.437 e. The van der Waals surface area contributed by atoms with Gasteiger partial charge in [-0.1, -0.05) is 0 Å². The Labute approximate surface area is 94.1 Å². The lowest BCUT2D eigenvalue weighted by Gasteiger charge is -2.09. The molecule has 2 rings (SSSR count). The summed E-state index contributed by atoms with van der Waals surface area (Å²) < 4.78 is 5.67. The van der Waals surface area contributed by atoms with E-state index in [-0.39, 0.29) is 0 Å². The predicted molar refractivity (Wildman–Crippen MR) is 62.4 cm³/mol. The highest BCUT2D eigenvalue weighted by atomic mass is 16.5. The maximum absolute atomic E-state index is 5.67. The van der Waals surface area contributed by atoms with E-state index in [2.05, 4.69) is 9.97 Å². The minimum atomic E-state index is 0.523. The first-order chi connectivity index (χ1) is 7.66. The maximum Gasteiger partial charge on any atom is 0.240 e. The molecule has 4 heteroatoms. The van der Waals surface area contributed by atoms with Gasteiger partial charge in [-0.25, -0.2) is 4.98 Å². The van der Waals surface area contributed by atoms with E-state index in [0.717, 1.165) is 22.7 Å². The SMILES string of the molecule is Cc1cc(N)ccc1Oc1nccnc1C. The van der Waals surface area contributed by atoms with Gasteiger partial charge in [-0.3, -0.25) is 4.98 Å². The number of benzene rings is 1. The van der Waals surface area contributed by atoms with Crippen molar-refractivity contribution in [2.45, 2.75) is 13.8 Å². The van der Waals surface area contributed by atoms with Crippen LogP contribution in [0.1, 0.15) is 11.3 Å². The van der Waals surface area contributed by atoms with Crippen LogP contribution < -0.4 is 10.5 Å². The van der Waals surface area contributed by atoms with Gasteiger partial charge in [0.05, 0.1) is 5.69 Å². The summed E-state index contributed by atoms with van der Waals surface area (Å²) in [6.45, 7) is 3.80. The van der Waals surface area contributed by atoms with Crippen molar-refractivity contribution >= 4 is 5.69 Å². The van der Waals surface area contributed by atoms with Crippen molar-refractivity contribution in [3.05, 3.63) is 41.9 Å². The molecule has 0 saturated heterocycles. The second kappa shape index (κ2) is 4.18. The Morgan fingerprint density at radius 1 is 1.12 bits per heavy atom. The number of hydrogen-bond acceptors (Lipinski definition) is 4.